The van der Waals surface area contributed by atoms with E-state index in [-0.39, 0.29) is 17.4 Å². The maximum atomic E-state index is 12.5. The molecule has 0 bridgehead atoms. The Bertz CT molecular complexity index is 1100. The molecule has 0 unspecified atom stereocenters. The van der Waals surface area contributed by atoms with Crippen LogP contribution < -0.4 is 14.8 Å². The lowest BCUT2D eigenvalue weighted by atomic mass is 10.2. The summed E-state index contributed by atoms with van der Waals surface area (Å²) in [5, 5.41) is 3.07. The van der Waals surface area contributed by atoms with Crippen molar-refractivity contribution in [3.05, 3.63) is 83.4 Å². The van der Waals surface area contributed by atoms with Crippen molar-refractivity contribution in [3.8, 4) is 5.75 Å². The number of carbonyl (C=O) groups excluding carboxylic acids is 1. The first-order valence-corrected chi connectivity index (χ1v) is 10.6. The number of aryl methyl sites for hydroxylation is 1. The third kappa shape index (κ3) is 5.73. The van der Waals surface area contributed by atoms with Gasteiger partial charge in [0.1, 0.15) is 5.75 Å². The fraction of sp³-hybridized carbons (Fsp3) is 0.0952. The van der Waals surface area contributed by atoms with E-state index in [0.717, 1.165) is 5.56 Å². The van der Waals surface area contributed by atoms with E-state index in [1.807, 2.05) is 19.1 Å². The zero-order valence-corrected chi connectivity index (χ0v) is 17.1. The number of sulfonamides is 1. The van der Waals surface area contributed by atoms with Gasteiger partial charge < -0.3 is 10.1 Å². The third-order valence-corrected chi connectivity index (χ3v) is 5.68. The van der Waals surface area contributed by atoms with Gasteiger partial charge in [-0.05, 0) is 55.5 Å². The molecule has 1 amide bonds. The second kappa shape index (κ2) is 8.98. The number of ether oxygens (including phenoxy) is 1. The second-order valence-electron chi connectivity index (χ2n) is 6.26. The molecule has 2 N–H and O–H groups in total. The van der Waals surface area contributed by atoms with E-state index < -0.39 is 10.0 Å². The average Bonchev–Trinajstić information content (AvgIpc) is 2.70. The molecule has 0 atom stereocenters. The summed E-state index contributed by atoms with van der Waals surface area (Å²) in [5.74, 6) is -0.00979. The lowest BCUT2D eigenvalue weighted by Crippen LogP contribution is -2.20. The summed E-state index contributed by atoms with van der Waals surface area (Å²) in [6.07, 6.45) is 0. The molecule has 0 heterocycles. The highest BCUT2D eigenvalue weighted by atomic mass is 35.5. The molecule has 0 aromatic heterocycles. The molecule has 6 nitrogen and oxygen atoms in total. The minimum absolute atomic E-state index is 0.0888. The fourth-order valence-electron chi connectivity index (χ4n) is 2.45. The number of amides is 1. The van der Waals surface area contributed by atoms with Crippen LogP contribution in [0.15, 0.2) is 77.7 Å². The summed E-state index contributed by atoms with van der Waals surface area (Å²) in [4.78, 5) is 12.1. The van der Waals surface area contributed by atoms with E-state index in [0.29, 0.717) is 22.1 Å². The standard InChI is InChI=1S/C21H19ClN2O4S/c1-15-6-8-16(9-7-15)24-29(26,27)18-12-10-17(11-13-18)28-14-21(25)23-20-5-3-2-4-19(20)22/h2-13,24H,14H2,1H3,(H,23,25). The van der Waals surface area contributed by atoms with Crippen LogP contribution in [0.2, 0.25) is 5.02 Å². The van der Waals surface area contributed by atoms with Crippen molar-refractivity contribution < 1.29 is 17.9 Å². The summed E-state index contributed by atoms with van der Waals surface area (Å²) in [5.41, 5.74) is 2.01. The van der Waals surface area contributed by atoms with Gasteiger partial charge in [-0.15, -0.1) is 0 Å². The van der Waals surface area contributed by atoms with Crippen molar-refractivity contribution in [1.29, 1.82) is 0 Å². The predicted octanol–water partition coefficient (Wildman–Crippen LogP) is 4.47. The van der Waals surface area contributed by atoms with Gasteiger partial charge in [0.15, 0.2) is 6.61 Å². The Kier molecular flexibility index (Phi) is 6.41. The van der Waals surface area contributed by atoms with Crippen LogP contribution in [0, 0.1) is 6.92 Å². The second-order valence-corrected chi connectivity index (χ2v) is 8.35. The number of anilines is 2. The molecule has 0 saturated heterocycles. The number of para-hydroxylation sites is 1. The van der Waals surface area contributed by atoms with E-state index >= 15 is 0 Å². The van der Waals surface area contributed by atoms with Gasteiger partial charge in [0.25, 0.3) is 15.9 Å². The Hall–Kier alpha value is -3.03. The van der Waals surface area contributed by atoms with Crippen LogP contribution in [0.1, 0.15) is 5.56 Å². The SMILES string of the molecule is Cc1ccc(NS(=O)(=O)c2ccc(OCC(=O)Nc3ccccc3Cl)cc2)cc1. The molecule has 150 valence electrons. The topological polar surface area (TPSA) is 84.5 Å². The monoisotopic (exact) mass is 430 g/mol. The highest BCUT2D eigenvalue weighted by Crippen LogP contribution is 2.21. The van der Waals surface area contributed by atoms with Gasteiger partial charge >= 0.3 is 0 Å². The van der Waals surface area contributed by atoms with Crippen LogP contribution >= 0.6 is 11.6 Å². The van der Waals surface area contributed by atoms with Crippen LogP contribution in [0.4, 0.5) is 11.4 Å². The van der Waals surface area contributed by atoms with Gasteiger partial charge in [0, 0.05) is 5.69 Å². The third-order valence-electron chi connectivity index (χ3n) is 3.96. The Morgan fingerprint density at radius 2 is 1.62 bits per heavy atom. The van der Waals surface area contributed by atoms with Gasteiger partial charge in [-0.1, -0.05) is 41.4 Å². The maximum absolute atomic E-state index is 12.5. The first-order valence-electron chi connectivity index (χ1n) is 8.70. The van der Waals surface area contributed by atoms with Crippen molar-refractivity contribution in [2.75, 3.05) is 16.6 Å². The van der Waals surface area contributed by atoms with Gasteiger partial charge in [-0.25, -0.2) is 8.42 Å². The fourth-order valence-corrected chi connectivity index (χ4v) is 3.69. The van der Waals surface area contributed by atoms with Crippen LogP contribution in [0.5, 0.6) is 5.75 Å². The summed E-state index contributed by atoms with van der Waals surface area (Å²) < 4.78 is 32.9. The molecule has 3 rings (SSSR count). The van der Waals surface area contributed by atoms with E-state index in [1.165, 1.54) is 24.3 Å². The molecule has 0 spiro atoms. The predicted molar refractivity (Wildman–Crippen MR) is 114 cm³/mol. The minimum atomic E-state index is -3.72. The molecule has 0 radical (unpaired) electrons. The van der Waals surface area contributed by atoms with Crippen LogP contribution in [0.3, 0.4) is 0 Å². The number of nitrogens with one attached hydrogen (secondary N) is 2. The summed E-state index contributed by atoms with van der Waals surface area (Å²) in [6, 6.07) is 19.7. The lowest BCUT2D eigenvalue weighted by molar-refractivity contribution is -0.118. The maximum Gasteiger partial charge on any atom is 0.262 e. The Morgan fingerprint density at radius 3 is 2.28 bits per heavy atom. The molecular weight excluding hydrogens is 412 g/mol. The normalized spacial score (nSPS) is 11.0. The summed E-state index contributed by atoms with van der Waals surface area (Å²) in [7, 11) is -3.72. The highest BCUT2D eigenvalue weighted by Gasteiger charge is 2.14. The quantitative estimate of drug-likeness (QED) is 0.579. The largest absolute Gasteiger partial charge is 0.484 e. The molecule has 0 aliphatic rings. The highest BCUT2D eigenvalue weighted by molar-refractivity contribution is 7.92. The van der Waals surface area contributed by atoms with Crippen LogP contribution in [0.25, 0.3) is 0 Å². The number of halogens is 1. The lowest BCUT2D eigenvalue weighted by Gasteiger charge is -2.10. The van der Waals surface area contributed by atoms with E-state index in [4.69, 9.17) is 16.3 Å². The van der Waals surface area contributed by atoms with Crippen LogP contribution in [-0.2, 0) is 14.8 Å². The summed E-state index contributed by atoms with van der Waals surface area (Å²) >= 11 is 5.99. The molecule has 0 fully saturated rings. The number of hydrogen-bond donors (Lipinski definition) is 2. The minimum Gasteiger partial charge on any atom is -0.484 e. The molecule has 29 heavy (non-hydrogen) atoms. The van der Waals surface area contributed by atoms with Crippen molar-refractivity contribution in [3.63, 3.8) is 0 Å². The van der Waals surface area contributed by atoms with Gasteiger partial charge in [-0.2, -0.15) is 0 Å². The summed E-state index contributed by atoms with van der Waals surface area (Å²) in [6.45, 7) is 1.69. The van der Waals surface area contributed by atoms with Gasteiger partial charge in [0.05, 0.1) is 15.6 Å². The molecule has 3 aromatic carbocycles. The number of benzene rings is 3. The zero-order valence-electron chi connectivity index (χ0n) is 15.6. The first-order chi connectivity index (χ1) is 13.8. The average molecular weight is 431 g/mol. The molecule has 0 aliphatic carbocycles. The smallest absolute Gasteiger partial charge is 0.262 e. The van der Waals surface area contributed by atoms with Gasteiger partial charge in [0.2, 0.25) is 0 Å². The van der Waals surface area contributed by atoms with E-state index in [2.05, 4.69) is 10.0 Å². The Balaban J connectivity index is 1.58. The van der Waals surface area contributed by atoms with Crippen molar-refractivity contribution >= 4 is 38.9 Å². The van der Waals surface area contributed by atoms with Crippen LogP contribution in [-0.4, -0.2) is 20.9 Å². The van der Waals surface area contributed by atoms with Crippen molar-refractivity contribution in [1.82, 2.24) is 0 Å². The van der Waals surface area contributed by atoms with Gasteiger partial charge in [-0.3, -0.25) is 9.52 Å². The number of carbonyl (C=O) groups is 1. The number of rotatable bonds is 7. The first kappa shape index (κ1) is 20.7. The molecule has 3 aromatic rings. The van der Waals surface area contributed by atoms with E-state index in [1.54, 1.807) is 36.4 Å². The zero-order chi connectivity index (χ0) is 20.9. The molecule has 0 aliphatic heterocycles. The molecule has 8 heteroatoms. The van der Waals surface area contributed by atoms with Crippen molar-refractivity contribution in [2.24, 2.45) is 0 Å². The molecule has 0 saturated carbocycles. The Labute approximate surface area is 174 Å². The van der Waals surface area contributed by atoms with E-state index in [9.17, 15) is 13.2 Å². The number of hydrogen-bond acceptors (Lipinski definition) is 4. The molecular formula is C21H19ClN2O4S. The Morgan fingerprint density at radius 1 is 0.966 bits per heavy atom. The van der Waals surface area contributed by atoms with Crippen molar-refractivity contribution in [2.45, 2.75) is 11.8 Å².